The van der Waals surface area contributed by atoms with E-state index in [1.165, 1.54) is 16.8 Å². The van der Waals surface area contributed by atoms with Gasteiger partial charge in [0.25, 0.3) is 11.5 Å². The Balaban J connectivity index is 1.83. The quantitative estimate of drug-likeness (QED) is 0.879. The van der Waals surface area contributed by atoms with Crippen molar-refractivity contribution in [2.45, 2.75) is 26.3 Å². The molecule has 1 aliphatic rings. The lowest BCUT2D eigenvalue weighted by Crippen LogP contribution is -2.36. The molecule has 8 heteroatoms. The molecule has 23 heavy (non-hydrogen) atoms. The van der Waals surface area contributed by atoms with Gasteiger partial charge in [-0.25, -0.2) is 0 Å². The SMILES string of the molecule is Cc1ccn(CC2CCCNC2)c(=O)c1C(=O)Nc1nncs1. The fourth-order valence-electron chi connectivity index (χ4n) is 2.83. The van der Waals surface area contributed by atoms with Crippen LogP contribution in [0.1, 0.15) is 28.8 Å². The van der Waals surface area contributed by atoms with E-state index in [0.29, 0.717) is 23.2 Å². The van der Waals surface area contributed by atoms with Gasteiger partial charge >= 0.3 is 0 Å². The molecule has 1 amide bonds. The van der Waals surface area contributed by atoms with Crippen LogP contribution in [-0.2, 0) is 6.54 Å². The summed E-state index contributed by atoms with van der Waals surface area (Å²) in [6.45, 7) is 4.34. The van der Waals surface area contributed by atoms with Crippen LogP contribution in [0.4, 0.5) is 5.13 Å². The molecule has 3 rings (SSSR count). The molecule has 7 nitrogen and oxygen atoms in total. The first-order chi connectivity index (χ1) is 11.1. The number of hydrogen-bond donors (Lipinski definition) is 2. The summed E-state index contributed by atoms with van der Waals surface area (Å²) < 4.78 is 1.64. The minimum Gasteiger partial charge on any atom is -0.316 e. The van der Waals surface area contributed by atoms with E-state index in [0.717, 1.165) is 25.9 Å². The zero-order chi connectivity index (χ0) is 16.2. The van der Waals surface area contributed by atoms with Gasteiger partial charge in [0.1, 0.15) is 11.1 Å². The van der Waals surface area contributed by atoms with Gasteiger partial charge in [-0.1, -0.05) is 11.3 Å². The topological polar surface area (TPSA) is 88.9 Å². The van der Waals surface area contributed by atoms with Crippen LogP contribution in [0.3, 0.4) is 0 Å². The van der Waals surface area contributed by atoms with E-state index >= 15 is 0 Å². The molecule has 1 aliphatic heterocycles. The number of piperidine rings is 1. The molecular formula is C15H19N5O2S. The van der Waals surface area contributed by atoms with E-state index in [9.17, 15) is 9.59 Å². The predicted molar refractivity (Wildman–Crippen MR) is 88.9 cm³/mol. The Morgan fingerprint density at radius 2 is 2.43 bits per heavy atom. The lowest BCUT2D eigenvalue weighted by Gasteiger charge is -2.23. The average molecular weight is 333 g/mol. The van der Waals surface area contributed by atoms with Gasteiger partial charge in [0, 0.05) is 12.7 Å². The van der Waals surface area contributed by atoms with Gasteiger partial charge in [0.05, 0.1) is 0 Å². The summed E-state index contributed by atoms with van der Waals surface area (Å²) >= 11 is 1.22. The standard InChI is InChI=1S/C15H19N5O2S/c1-10-4-6-20(8-11-3-2-5-16-7-11)14(22)12(10)13(21)18-15-19-17-9-23-15/h4,6,9,11,16H,2-3,5,7-8H2,1H3,(H,18,19,21). The van der Waals surface area contributed by atoms with E-state index < -0.39 is 5.91 Å². The number of aryl methyl sites for hydroxylation is 1. The van der Waals surface area contributed by atoms with E-state index in [1.54, 1.807) is 17.7 Å². The molecule has 0 spiro atoms. The lowest BCUT2D eigenvalue weighted by molar-refractivity contribution is 0.102. The molecule has 2 N–H and O–H groups in total. The van der Waals surface area contributed by atoms with Crippen molar-refractivity contribution in [3.8, 4) is 0 Å². The molecule has 122 valence electrons. The van der Waals surface area contributed by atoms with Gasteiger partial charge in [-0.2, -0.15) is 0 Å². The van der Waals surface area contributed by atoms with Crippen LogP contribution in [0, 0.1) is 12.8 Å². The molecular weight excluding hydrogens is 314 g/mol. The predicted octanol–water partition coefficient (Wildman–Crippen LogP) is 1.26. The summed E-state index contributed by atoms with van der Waals surface area (Å²) in [6.07, 6.45) is 3.99. The Morgan fingerprint density at radius 1 is 1.57 bits per heavy atom. The van der Waals surface area contributed by atoms with E-state index in [2.05, 4.69) is 20.8 Å². The Kier molecular flexibility index (Phi) is 4.82. The second kappa shape index (κ2) is 7.01. The number of rotatable bonds is 4. The van der Waals surface area contributed by atoms with Crippen LogP contribution in [0.2, 0.25) is 0 Å². The highest BCUT2D eigenvalue weighted by molar-refractivity contribution is 7.13. The molecule has 2 aromatic heterocycles. The lowest BCUT2D eigenvalue weighted by atomic mass is 9.99. The van der Waals surface area contributed by atoms with Crippen LogP contribution in [0.5, 0.6) is 0 Å². The number of carbonyl (C=O) groups is 1. The van der Waals surface area contributed by atoms with Crippen molar-refractivity contribution in [2.24, 2.45) is 5.92 Å². The van der Waals surface area contributed by atoms with Crippen LogP contribution in [0.15, 0.2) is 22.6 Å². The highest BCUT2D eigenvalue weighted by Crippen LogP contribution is 2.14. The smallest absolute Gasteiger partial charge is 0.263 e. The summed E-state index contributed by atoms with van der Waals surface area (Å²) in [6, 6.07) is 1.81. The zero-order valence-electron chi connectivity index (χ0n) is 12.9. The molecule has 1 atom stereocenters. The minimum absolute atomic E-state index is 0.173. The number of nitrogens with one attached hydrogen (secondary N) is 2. The second-order valence-electron chi connectivity index (χ2n) is 5.74. The highest BCUT2D eigenvalue weighted by Gasteiger charge is 2.19. The maximum absolute atomic E-state index is 12.7. The van der Waals surface area contributed by atoms with Crippen molar-refractivity contribution >= 4 is 22.4 Å². The van der Waals surface area contributed by atoms with Gasteiger partial charge in [0.2, 0.25) is 5.13 Å². The Labute approximate surface area is 137 Å². The maximum atomic E-state index is 12.7. The Morgan fingerprint density at radius 3 is 3.13 bits per heavy atom. The fraction of sp³-hybridized carbons (Fsp3) is 0.467. The molecule has 0 bridgehead atoms. The average Bonchev–Trinajstić information content (AvgIpc) is 3.04. The molecule has 1 fully saturated rings. The van der Waals surface area contributed by atoms with Crippen LogP contribution in [-0.4, -0.2) is 33.8 Å². The first-order valence-corrected chi connectivity index (χ1v) is 8.51. The monoisotopic (exact) mass is 333 g/mol. The van der Waals surface area contributed by atoms with Gasteiger partial charge < -0.3 is 9.88 Å². The van der Waals surface area contributed by atoms with E-state index in [-0.39, 0.29) is 11.1 Å². The Bertz CT molecular complexity index is 735. The van der Waals surface area contributed by atoms with Crippen LogP contribution >= 0.6 is 11.3 Å². The number of nitrogens with zero attached hydrogens (tertiary/aromatic N) is 3. The number of aromatic nitrogens is 3. The minimum atomic E-state index is -0.430. The molecule has 0 radical (unpaired) electrons. The second-order valence-corrected chi connectivity index (χ2v) is 6.57. The van der Waals surface area contributed by atoms with Crippen LogP contribution in [0.25, 0.3) is 0 Å². The molecule has 2 aromatic rings. The third kappa shape index (κ3) is 3.65. The van der Waals surface area contributed by atoms with E-state index in [1.807, 2.05) is 6.07 Å². The third-order valence-electron chi connectivity index (χ3n) is 4.03. The molecule has 1 saturated heterocycles. The van der Waals surface area contributed by atoms with Gasteiger partial charge in [-0.15, -0.1) is 10.2 Å². The summed E-state index contributed by atoms with van der Waals surface area (Å²) in [5.74, 6) is -0.0106. The van der Waals surface area contributed by atoms with Crippen molar-refractivity contribution in [3.05, 3.63) is 39.3 Å². The third-order valence-corrected chi connectivity index (χ3v) is 4.64. The first kappa shape index (κ1) is 15.8. The molecule has 0 aromatic carbocycles. The number of amides is 1. The highest BCUT2D eigenvalue weighted by atomic mass is 32.1. The number of anilines is 1. The number of carbonyl (C=O) groups excluding carboxylic acids is 1. The summed E-state index contributed by atoms with van der Waals surface area (Å²) in [5, 5.41) is 13.8. The summed E-state index contributed by atoms with van der Waals surface area (Å²) in [5.41, 5.74) is 2.11. The van der Waals surface area contributed by atoms with Crippen molar-refractivity contribution in [3.63, 3.8) is 0 Å². The number of hydrogen-bond acceptors (Lipinski definition) is 6. The van der Waals surface area contributed by atoms with Crippen molar-refractivity contribution < 1.29 is 4.79 Å². The first-order valence-electron chi connectivity index (χ1n) is 7.63. The van der Waals surface area contributed by atoms with E-state index in [4.69, 9.17) is 0 Å². The maximum Gasteiger partial charge on any atom is 0.263 e. The van der Waals surface area contributed by atoms with Crippen LogP contribution < -0.4 is 16.2 Å². The summed E-state index contributed by atoms with van der Waals surface area (Å²) in [4.78, 5) is 25.1. The molecule has 3 heterocycles. The fourth-order valence-corrected chi connectivity index (χ4v) is 3.27. The molecule has 0 saturated carbocycles. The zero-order valence-corrected chi connectivity index (χ0v) is 13.7. The summed E-state index contributed by atoms with van der Waals surface area (Å²) in [7, 11) is 0. The van der Waals surface area contributed by atoms with Crippen molar-refractivity contribution in [1.82, 2.24) is 20.1 Å². The van der Waals surface area contributed by atoms with Crippen molar-refractivity contribution in [1.29, 1.82) is 0 Å². The van der Waals surface area contributed by atoms with Gasteiger partial charge in [-0.05, 0) is 50.4 Å². The molecule has 0 aliphatic carbocycles. The van der Waals surface area contributed by atoms with Gasteiger partial charge in [-0.3, -0.25) is 14.9 Å². The largest absolute Gasteiger partial charge is 0.316 e. The Hall–Kier alpha value is -2.06. The normalized spacial score (nSPS) is 17.9. The molecule has 1 unspecified atom stereocenters. The van der Waals surface area contributed by atoms with Gasteiger partial charge in [0.15, 0.2) is 0 Å². The van der Waals surface area contributed by atoms with Crippen molar-refractivity contribution in [2.75, 3.05) is 18.4 Å². The number of pyridine rings is 1.